The number of hydrogen-bond donors (Lipinski definition) is 2. The van der Waals surface area contributed by atoms with Crippen LogP contribution >= 0.6 is 24.8 Å². The summed E-state index contributed by atoms with van der Waals surface area (Å²) in [6.45, 7) is 1.17. The number of aromatic nitrogens is 1. The molecule has 3 N–H and O–H groups in total. The van der Waals surface area contributed by atoms with Crippen molar-refractivity contribution in [3.8, 4) is 0 Å². The molecule has 1 aliphatic rings. The minimum atomic E-state index is 0. The number of nitrogens with zero attached hydrogens (tertiary/aromatic N) is 1. The summed E-state index contributed by atoms with van der Waals surface area (Å²) < 4.78 is 0. The third-order valence-electron chi connectivity index (χ3n) is 4.10. The van der Waals surface area contributed by atoms with Crippen LogP contribution in [-0.2, 0) is 11.3 Å². The fraction of sp³-hybridized carbons (Fsp3) is 0.600. The van der Waals surface area contributed by atoms with Crippen molar-refractivity contribution < 1.29 is 4.79 Å². The molecule has 0 bridgehead atoms. The summed E-state index contributed by atoms with van der Waals surface area (Å²) in [5.74, 6) is 0.108. The Balaban J connectivity index is 0.00000200. The number of carbonyl (C=O) groups is 1. The maximum absolute atomic E-state index is 12.1. The smallest absolute Gasteiger partial charge is 0.220 e. The van der Waals surface area contributed by atoms with Gasteiger partial charge in [0.05, 0.1) is 0 Å². The van der Waals surface area contributed by atoms with Crippen LogP contribution in [0.1, 0.15) is 44.1 Å². The van der Waals surface area contributed by atoms with Crippen molar-refractivity contribution in [3.63, 3.8) is 0 Å². The van der Waals surface area contributed by atoms with Crippen molar-refractivity contribution in [2.75, 3.05) is 6.54 Å². The van der Waals surface area contributed by atoms with Crippen molar-refractivity contribution in [3.05, 3.63) is 30.1 Å². The fourth-order valence-corrected chi connectivity index (χ4v) is 2.86. The Hall–Kier alpha value is -0.840. The van der Waals surface area contributed by atoms with E-state index in [9.17, 15) is 4.79 Å². The molecule has 2 rings (SSSR count). The Morgan fingerprint density at radius 1 is 1.29 bits per heavy atom. The molecule has 120 valence electrons. The van der Waals surface area contributed by atoms with Gasteiger partial charge in [-0.15, -0.1) is 24.8 Å². The molecule has 1 amide bonds. The Bertz CT molecular complexity index is 409. The highest BCUT2D eigenvalue weighted by molar-refractivity contribution is 5.85. The van der Waals surface area contributed by atoms with Crippen molar-refractivity contribution in [1.29, 1.82) is 0 Å². The summed E-state index contributed by atoms with van der Waals surface area (Å²) in [5, 5.41) is 2.97. The summed E-state index contributed by atoms with van der Waals surface area (Å²) in [5.41, 5.74) is 6.97. The van der Waals surface area contributed by atoms with Gasteiger partial charge in [-0.1, -0.05) is 25.3 Å². The first-order valence-corrected chi connectivity index (χ1v) is 7.10. The molecule has 0 atom stereocenters. The van der Waals surface area contributed by atoms with E-state index in [4.69, 9.17) is 5.73 Å². The van der Waals surface area contributed by atoms with Crippen LogP contribution in [0.25, 0.3) is 0 Å². The van der Waals surface area contributed by atoms with Crippen LogP contribution in [0.15, 0.2) is 24.5 Å². The first-order chi connectivity index (χ1) is 9.24. The average Bonchev–Trinajstić information content (AvgIpc) is 2.47. The molecule has 1 heterocycles. The number of halogens is 2. The SMILES string of the molecule is Cl.Cl.NCC1(CC(=O)NCc2cccnc2)CCCCC1. The lowest BCUT2D eigenvalue weighted by atomic mass is 9.71. The molecule has 0 aliphatic heterocycles. The molecule has 1 fully saturated rings. The fourth-order valence-electron chi connectivity index (χ4n) is 2.86. The predicted molar refractivity (Wildman–Crippen MR) is 89.8 cm³/mol. The maximum Gasteiger partial charge on any atom is 0.220 e. The van der Waals surface area contributed by atoms with Crippen molar-refractivity contribution in [1.82, 2.24) is 10.3 Å². The molecule has 0 spiro atoms. The second kappa shape index (κ2) is 9.98. The number of hydrogen-bond acceptors (Lipinski definition) is 3. The van der Waals surface area contributed by atoms with Crippen molar-refractivity contribution >= 4 is 30.7 Å². The minimum Gasteiger partial charge on any atom is -0.352 e. The van der Waals surface area contributed by atoms with Gasteiger partial charge in [0.15, 0.2) is 0 Å². The molecular weight excluding hydrogens is 309 g/mol. The van der Waals surface area contributed by atoms with Crippen LogP contribution < -0.4 is 11.1 Å². The highest BCUT2D eigenvalue weighted by Gasteiger charge is 2.32. The van der Waals surface area contributed by atoms with Gasteiger partial charge in [0.1, 0.15) is 0 Å². The summed E-state index contributed by atoms with van der Waals surface area (Å²) >= 11 is 0. The van der Waals surface area contributed by atoms with E-state index in [1.54, 1.807) is 12.4 Å². The van der Waals surface area contributed by atoms with Crippen molar-refractivity contribution in [2.45, 2.75) is 45.1 Å². The molecule has 0 saturated heterocycles. The summed E-state index contributed by atoms with van der Waals surface area (Å²) in [6, 6.07) is 3.84. The number of nitrogens with two attached hydrogens (primary N) is 1. The van der Waals surface area contributed by atoms with E-state index in [1.807, 2.05) is 12.1 Å². The molecule has 1 aromatic rings. The highest BCUT2D eigenvalue weighted by atomic mass is 35.5. The third-order valence-corrected chi connectivity index (χ3v) is 4.10. The summed E-state index contributed by atoms with van der Waals surface area (Å²) in [7, 11) is 0. The molecule has 6 heteroatoms. The summed E-state index contributed by atoms with van der Waals surface area (Å²) in [4.78, 5) is 16.1. The van der Waals surface area contributed by atoms with Gasteiger partial charge in [0.2, 0.25) is 5.91 Å². The van der Waals surface area contributed by atoms with E-state index in [2.05, 4.69) is 10.3 Å². The molecular formula is C15H25Cl2N3O. The van der Waals surface area contributed by atoms with Crippen LogP contribution in [0.3, 0.4) is 0 Å². The third kappa shape index (κ3) is 6.20. The monoisotopic (exact) mass is 333 g/mol. The molecule has 21 heavy (non-hydrogen) atoms. The van der Waals surface area contributed by atoms with Crippen LogP contribution in [0.2, 0.25) is 0 Å². The zero-order chi connectivity index (χ0) is 13.6. The normalized spacial score (nSPS) is 16.2. The second-order valence-corrected chi connectivity index (χ2v) is 5.58. The molecule has 0 radical (unpaired) electrons. The lowest BCUT2D eigenvalue weighted by Gasteiger charge is -2.35. The first kappa shape index (κ1) is 20.2. The number of rotatable bonds is 5. The van der Waals surface area contributed by atoms with E-state index >= 15 is 0 Å². The van der Waals surface area contributed by atoms with Crippen LogP contribution in [-0.4, -0.2) is 17.4 Å². The van der Waals surface area contributed by atoms with Crippen molar-refractivity contribution in [2.24, 2.45) is 11.1 Å². The van der Waals surface area contributed by atoms with Gasteiger partial charge in [0.25, 0.3) is 0 Å². The molecule has 0 aromatic carbocycles. The largest absolute Gasteiger partial charge is 0.352 e. The quantitative estimate of drug-likeness (QED) is 0.870. The number of carbonyl (C=O) groups excluding carboxylic acids is 1. The van der Waals surface area contributed by atoms with E-state index in [-0.39, 0.29) is 36.1 Å². The van der Waals surface area contributed by atoms with Gasteiger partial charge in [0, 0.05) is 25.4 Å². The minimum absolute atomic E-state index is 0. The van der Waals surface area contributed by atoms with Crippen LogP contribution in [0.4, 0.5) is 0 Å². The molecule has 4 nitrogen and oxygen atoms in total. The lowest BCUT2D eigenvalue weighted by molar-refractivity contribution is -0.124. The standard InChI is InChI=1S/C15H23N3O.2ClH/c16-12-15(6-2-1-3-7-15)9-14(19)18-11-13-5-4-8-17-10-13;;/h4-5,8,10H,1-3,6-7,9,11-12,16H2,(H,18,19);2*1H. The van der Waals surface area contributed by atoms with E-state index in [0.717, 1.165) is 18.4 Å². The molecule has 1 saturated carbocycles. The lowest BCUT2D eigenvalue weighted by Crippen LogP contribution is -2.38. The average molecular weight is 334 g/mol. The van der Waals surface area contributed by atoms with Gasteiger partial charge in [-0.05, 0) is 36.4 Å². The van der Waals surface area contributed by atoms with Crippen LogP contribution in [0.5, 0.6) is 0 Å². The Morgan fingerprint density at radius 3 is 2.57 bits per heavy atom. The Morgan fingerprint density at radius 2 is 2.00 bits per heavy atom. The number of amides is 1. The highest BCUT2D eigenvalue weighted by Crippen LogP contribution is 2.38. The molecule has 1 aliphatic carbocycles. The maximum atomic E-state index is 12.1. The number of nitrogens with one attached hydrogen (secondary N) is 1. The van der Waals surface area contributed by atoms with E-state index in [1.165, 1.54) is 19.3 Å². The Labute approximate surface area is 139 Å². The first-order valence-electron chi connectivity index (χ1n) is 7.10. The molecule has 1 aromatic heterocycles. The van der Waals surface area contributed by atoms with Gasteiger partial charge < -0.3 is 11.1 Å². The zero-order valence-electron chi connectivity index (χ0n) is 12.2. The van der Waals surface area contributed by atoms with E-state index < -0.39 is 0 Å². The summed E-state index contributed by atoms with van der Waals surface area (Å²) in [6.07, 6.45) is 9.92. The number of pyridine rings is 1. The van der Waals surface area contributed by atoms with E-state index in [0.29, 0.717) is 19.5 Å². The zero-order valence-corrected chi connectivity index (χ0v) is 13.8. The molecule has 0 unspecified atom stereocenters. The van der Waals surface area contributed by atoms with Gasteiger partial charge in [-0.2, -0.15) is 0 Å². The Kier molecular flexibility index (Phi) is 9.58. The predicted octanol–water partition coefficient (Wildman–Crippen LogP) is 2.84. The van der Waals surface area contributed by atoms with Gasteiger partial charge in [-0.25, -0.2) is 0 Å². The van der Waals surface area contributed by atoms with Gasteiger partial charge >= 0.3 is 0 Å². The van der Waals surface area contributed by atoms with Crippen LogP contribution in [0, 0.1) is 5.41 Å². The second-order valence-electron chi connectivity index (χ2n) is 5.58. The topological polar surface area (TPSA) is 68.0 Å². The van der Waals surface area contributed by atoms with Gasteiger partial charge in [-0.3, -0.25) is 9.78 Å².